The fourth-order valence-corrected chi connectivity index (χ4v) is 3.88. The minimum absolute atomic E-state index is 0.0508. The van der Waals surface area contributed by atoms with Gasteiger partial charge < -0.3 is 9.73 Å². The van der Waals surface area contributed by atoms with E-state index in [4.69, 9.17) is 4.42 Å². The minimum atomic E-state index is -0.0554. The summed E-state index contributed by atoms with van der Waals surface area (Å²) < 4.78 is 7.49. The Morgan fingerprint density at radius 1 is 1.03 bits per heavy atom. The first-order valence-corrected chi connectivity index (χ1v) is 10.7. The van der Waals surface area contributed by atoms with Gasteiger partial charge in [-0.3, -0.25) is 9.36 Å². The number of hydrogen-bond acceptors (Lipinski definition) is 5. The minimum Gasteiger partial charge on any atom is -0.467 e. The fraction of sp³-hybridized carbons (Fsp3) is 0.174. The van der Waals surface area contributed by atoms with Crippen LogP contribution in [0.25, 0.3) is 11.4 Å². The summed E-state index contributed by atoms with van der Waals surface area (Å²) in [6.07, 6.45) is 1.65. The molecule has 0 fully saturated rings. The number of nitrogens with one attached hydrogen (secondary N) is 1. The van der Waals surface area contributed by atoms with E-state index in [-0.39, 0.29) is 17.7 Å². The molecule has 0 bridgehead atoms. The highest BCUT2D eigenvalue weighted by atomic mass is 32.2. The summed E-state index contributed by atoms with van der Waals surface area (Å²) >= 11 is 1.37. The Labute approximate surface area is 179 Å². The topological polar surface area (TPSA) is 73.0 Å². The van der Waals surface area contributed by atoms with Gasteiger partial charge in [0.2, 0.25) is 5.91 Å². The largest absolute Gasteiger partial charge is 0.467 e. The molecule has 30 heavy (non-hydrogen) atoms. The van der Waals surface area contributed by atoms with Gasteiger partial charge in [-0.2, -0.15) is 0 Å². The van der Waals surface area contributed by atoms with Gasteiger partial charge in [-0.1, -0.05) is 72.4 Å². The maximum atomic E-state index is 12.5. The van der Waals surface area contributed by atoms with Crippen LogP contribution in [0.5, 0.6) is 0 Å². The van der Waals surface area contributed by atoms with Gasteiger partial charge in [0.1, 0.15) is 5.76 Å². The Morgan fingerprint density at radius 3 is 2.47 bits per heavy atom. The maximum Gasteiger partial charge on any atom is 0.230 e. The molecule has 1 N–H and O–H groups in total. The number of nitrogens with zero attached hydrogens (tertiary/aromatic N) is 3. The number of rotatable bonds is 8. The molecule has 4 aromatic rings. The summed E-state index contributed by atoms with van der Waals surface area (Å²) in [5.41, 5.74) is 2.04. The van der Waals surface area contributed by atoms with Gasteiger partial charge in [0.25, 0.3) is 0 Å². The molecule has 0 aliphatic rings. The fourth-order valence-electron chi connectivity index (χ4n) is 3.14. The van der Waals surface area contributed by atoms with Gasteiger partial charge >= 0.3 is 0 Å². The van der Waals surface area contributed by atoms with Crippen molar-refractivity contribution in [3.8, 4) is 11.4 Å². The Bertz CT molecular complexity index is 1080. The average molecular weight is 419 g/mol. The highest BCUT2D eigenvalue weighted by Gasteiger charge is 2.17. The zero-order chi connectivity index (χ0) is 20.8. The normalized spacial score (nSPS) is 11.9. The monoisotopic (exact) mass is 418 g/mol. The van der Waals surface area contributed by atoms with Crippen LogP contribution in [-0.4, -0.2) is 26.4 Å². The van der Waals surface area contributed by atoms with Crippen molar-refractivity contribution < 1.29 is 9.21 Å². The number of carbonyl (C=O) groups is 1. The molecule has 0 saturated heterocycles. The van der Waals surface area contributed by atoms with Crippen molar-refractivity contribution in [3.63, 3.8) is 0 Å². The SMILES string of the molecule is C[C@@H](NC(=O)CSc1nnc(-c2ccccc2)n1Cc1ccco1)c1ccccc1. The molecule has 0 spiro atoms. The molecule has 0 radical (unpaired) electrons. The molecule has 152 valence electrons. The summed E-state index contributed by atoms with van der Waals surface area (Å²) in [6, 6.07) is 23.5. The number of aromatic nitrogens is 3. The van der Waals surface area contributed by atoms with E-state index >= 15 is 0 Å². The predicted molar refractivity (Wildman–Crippen MR) is 117 cm³/mol. The highest BCUT2D eigenvalue weighted by Crippen LogP contribution is 2.25. The molecule has 6 nitrogen and oxygen atoms in total. The Kier molecular flexibility index (Phi) is 6.29. The molecule has 0 unspecified atom stereocenters. The second-order valence-corrected chi connectivity index (χ2v) is 7.77. The van der Waals surface area contributed by atoms with Crippen LogP contribution < -0.4 is 5.32 Å². The predicted octanol–water partition coefficient (Wildman–Crippen LogP) is 4.56. The highest BCUT2D eigenvalue weighted by molar-refractivity contribution is 7.99. The van der Waals surface area contributed by atoms with Gasteiger partial charge in [-0.15, -0.1) is 10.2 Å². The first-order valence-electron chi connectivity index (χ1n) is 9.69. The molecule has 1 atom stereocenters. The smallest absolute Gasteiger partial charge is 0.230 e. The molecular formula is C23H22N4O2S. The number of hydrogen-bond donors (Lipinski definition) is 1. The van der Waals surface area contributed by atoms with E-state index in [1.807, 2.05) is 84.3 Å². The molecule has 1 amide bonds. The quantitative estimate of drug-likeness (QED) is 0.425. The Morgan fingerprint density at radius 2 is 1.77 bits per heavy atom. The molecule has 2 aromatic carbocycles. The lowest BCUT2D eigenvalue weighted by Gasteiger charge is -2.14. The molecule has 0 aliphatic heterocycles. The van der Waals surface area contributed by atoms with Gasteiger partial charge in [-0.25, -0.2) is 0 Å². The number of furan rings is 1. The number of amides is 1. The van der Waals surface area contributed by atoms with Crippen LogP contribution in [0, 0.1) is 0 Å². The molecule has 2 aromatic heterocycles. The van der Waals surface area contributed by atoms with E-state index in [0.717, 1.165) is 22.7 Å². The zero-order valence-electron chi connectivity index (χ0n) is 16.6. The van der Waals surface area contributed by atoms with E-state index < -0.39 is 0 Å². The molecule has 2 heterocycles. The van der Waals surface area contributed by atoms with E-state index in [1.165, 1.54) is 11.8 Å². The summed E-state index contributed by atoms with van der Waals surface area (Å²) in [5, 5.41) is 12.4. The molecular weight excluding hydrogens is 396 g/mol. The number of benzene rings is 2. The first kappa shape index (κ1) is 20.0. The van der Waals surface area contributed by atoms with Crippen LogP contribution in [-0.2, 0) is 11.3 Å². The second-order valence-electron chi connectivity index (χ2n) is 6.83. The van der Waals surface area contributed by atoms with Crippen molar-refractivity contribution in [3.05, 3.63) is 90.4 Å². The number of thioether (sulfide) groups is 1. The van der Waals surface area contributed by atoms with Crippen molar-refractivity contribution in [1.29, 1.82) is 0 Å². The molecule has 4 rings (SSSR count). The Hall–Kier alpha value is -3.32. The van der Waals surface area contributed by atoms with Crippen molar-refractivity contribution in [2.45, 2.75) is 24.7 Å². The Balaban J connectivity index is 1.48. The van der Waals surface area contributed by atoms with Crippen LogP contribution in [0.3, 0.4) is 0 Å². The number of carbonyl (C=O) groups excluding carboxylic acids is 1. The third-order valence-corrected chi connectivity index (χ3v) is 5.62. The van der Waals surface area contributed by atoms with Crippen molar-refractivity contribution in [2.75, 3.05) is 5.75 Å². The van der Waals surface area contributed by atoms with Crippen LogP contribution in [0.4, 0.5) is 0 Å². The van der Waals surface area contributed by atoms with E-state index in [9.17, 15) is 4.79 Å². The molecule has 7 heteroatoms. The lowest BCUT2D eigenvalue weighted by atomic mass is 10.1. The second kappa shape index (κ2) is 9.45. The van der Waals surface area contributed by atoms with Crippen LogP contribution in [0.2, 0.25) is 0 Å². The van der Waals surface area contributed by atoms with Crippen LogP contribution in [0.15, 0.2) is 88.6 Å². The summed E-state index contributed by atoms with van der Waals surface area (Å²) in [5.74, 6) is 1.75. The molecule has 0 aliphatic carbocycles. The lowest BCUT2D eigenvalue weighted by Crippen LogP contribution is -2.28. The summed E-state index contributed by atoms with van der Waals surface area (Å²) in [7, 11) is 0. The van der Waals surface area contributed by atoms with Gasteiger partial charge in [0.15, 0.2) is 11.0 Å². The average Bonchev–Trinajstić information content (AvgIpc) is 3.44. The van der Waals surface area contributed by atoms with Crippen LogP contribution in [0.1, 0.15) is 24.3 Å². The van der Waals surface area contributed by atoms with Crippen molar-refractivity contribution >= 4 is 17.7 Å². The van der Waals surface area contributed by atoms with Gasteiger partial charge in [0.05, 0.1) is 24.6 Å². The summed E-state index contributed by atoms with van der Waals surface area (Å²) in [6.45, 7) is 2.47. The van der Waals surface area contributed by atoms with Gasteiger partial charge in [-0.05, 0) is 24.6 Å². The zero-order valence-corrected chi connectivity index (χ0v) is 17.4. The first-order chi connectivity index (χ1) is 14.7. The van der Waals surface area contributed by atoms with Crippen molar-refractivity contribution in [2.24, 2.45) is 0 Å². The van der Waals surface area contributed by atoms with Crippen molar-refractivity contribution in [1.82, 2.24) is 20.1 Å². The summed E-state index contributed by atoms with van der Waals surface area (Å²) in [4.78, 5) is 12.5. The third kappa shape index (κ3) is 4.80. The van der Waals surface area contributed by atoms with Crippen LogP contribution >= 0.6 is 11.8 Å². The van der Waals surface area contributed by atoms with E-state index in [2.05, 4.69) is 15.5 Å². The van der Waals surface area contributed by atoms with E-state index in [1.54, 1.807) is 6.26 Å². The third-order valence-electron chi connectivity index (χ3n) is 4.65. The molecule has 0 saturated carbocycles. The lowest BCUT2D eigenvalue weighted by molar-refractivity contribution is -0.119. The van der Waals surface area contributed by atoms with E-state index in [0.29, 0.717) is 11.7 Å². The standard InChI is InChI=1S/C23H22N4O2S/c1-17(18-9-4-2-5-10-18)24-21(28)16-30-23-26-25-22(19-11-6-3-7-12-19)27(23)15-20-13-8-14-29-20/h2-14,17H,15-16H2,1H3,(H,24,28)/t17-/m1/s1. The maximum absolute atomic E-state index is 12.5. The van der Waals surface area contributed by atoms with Gasteiger partial charge in [0, 0.05) is 5.56 Å².